The molecule has 4 aliphatic carbocycles. The first kappa shape index (κ1) is 27.9. The topological polar surface area (TPSA) is 127 Å². The summed E-state index contributed by atoms with van der Waals surface area (Å²) in [5.41, 5.74) is -0.901. The number of aliphatic hydroxyl groups is 4. The number of alkyl halides is 4. The normalized spacial score (nSPS) is 47.2. The molecule has 6 fully saturated rings. The zero-order chi connectivity index (χ0) is 27.7. The molecular weight excluding hydrogens is 549 g/mol. The van der Waals surface area contributed by atoms with Crippen molar-refractivity contribution in [2.45, 2.75) is 85.8 Å². The van der Waals surface area contributed by atoms with Gasteiger partial charge in [-0.25, -0.2) is 4.89 Å². The van der Waals surface area contributed by atoms with Crippen molar-refractivity contribution >= 4 is 11.6 Å². The quantitative estimate of drug-likeness (QED) is 0.296. The first-order valence-corrected chi connectivity index (χ1v) is 13.7. The molecule has 9 unspecified atom stereocenters. The second-order valence-electron chi connectivity index (χ2n) is 11.5. The Morgan fingerprint density at radius 3 is 2.31 bits per heavy atom. The SMILES string of the molecule is OCC1OC(Oc2cccc(C3(OCC(F)(F)F)OOC34C3CC5CC(Cl)C(C3)CC4C5)c2)C(O)C(O)C1O. The average molecular weight is 581 g/mol. The lowest BCUT2D eigenvalue weighted by Crippen LogP contribution is -2.75. The van der Waals surface area contributed by atoms with E-state index in [-0.39, 0.29) is 34.4 Å². The number of rotatable bonds is 6. The Balaban J connectivity index is 1.33. The van der Waals surface area contributed by atoms with Crippen molar-refractivity contribution in [3.63, 3.8) is 0 Å². The minimum Gasteiger partial charge on any atom is -0.462 e. The monoisotopic (exact) mass is 580 g/mol. The first-order chi connectivity index (χ1) is 18.5. The molecule has 7 rings (SSSR count). The van der Waals surface area contributed by atoms with Crippen LogP contribution in [-0.4, -0.2) is 81.5 Å². The number of halogens is 4. The number of hydrogen-bond acceptors (Lipinski definition) is 9. The minimum absolute atomic E-state index is 0.0177. The Labute approximate surface area is 227 Å². The standard InChI is InChI=1S/C26H32ClF3O9/c27-18-6-12-4-15-7-13(18)8-16(5-12)25(15)26(39-38-25,35-11-24(28,29)30)14-2-1-3-17(9-14)36-23-22(34)21(33)20(32)19(10-31)37-23/h1-3,9,12-13,15-16,18-23,31-34H,4-8,10-11H2. The van der Waals surface area contributed by atoms with Crippen molar-refractivity contribution in [1.82, 2.24) is 0 Å². The molecule has 1 aromatic carbocycles. The van der Waals surface area contributed by atoms with E-state index in [1.807, 2.05) is 0 Å². The van der Waals surface area contributed by atoms with E-state index in [4.69, 9.17) is 35.6 Å². The maximum Gasteiger partial charge on any atom is 0.411 e. The van der Waals surface area contributed by atoms with Gasteiger partial charge in [0.2, 0.25) is 6.29 Å². The van der Waals surface area contributed by atoms with Crippen molar-refractivity contribution in [3.8, 4) is 5.75 Å². The molecule has 13 heteroatoms. The zero-order valence-corrected chi connectivity index (χ0v) is 21.6. The summed E-state index contributed by atoms with van der Waals surface area (Å²) in [7, 11) is 0. The Hall–Kier alpha value is -1.22. The summed E-state index contributed by atoms with van der Waals surface area (Å²) < 4.78 is 57.3. The van der Waals surface area contributed by atoms with Gasteiger partial charge in [-0.1, -0.05) is 12.1 Å². The van der Waals surface area contributed by atoms with Crippen molar-refractivity contribution in [1.29, 1.82) is 0 Å². The van der Waals surface area contributed by atoms with E-state index in [1.165, 1.54) is 12.1 Å². The van der Waals surface area contributed by atoms with Crippen LogP contribution in [0.2, 0.25) is 0 Å². The first-order valence-electron chi connectivity index (χ1n) is 13.3. The van der Waals surface area contributed by atoms with E-state index in [0.29, 0.717) is 18.8 Å². The van der Waals surface area contributed by atoms with Gasteiger partial charge in [0.1, 0.15) is 36.8 Å². The van der Waals surface area contributed by atoms with Crippen LogP contribution in [0.25, 0.3) is 0 Å². The number of benzene rings is 1. The second-order valence-corrected chi connectivity index (χ2v) is 12.1. The third kappa shape index (κ3) is 4.47. The van der Waals surface area contributed by atoms with E-state index in [2.05, 4.69) is 0 Å². The summed E-state index contributed by atoms with van der Waals surface area (Å²) >= 11 is 6.69. The third-order valence-electron chi connectivity index (χ3n) is 9.26. The van der Waals surface area contributed by atoms with E-state index >= 15 is 0 Å². The van der Waals surface area contributed by atoms with Crippen LogP contribution in [0.3, 0.4) is 0 Å². The number of hydrogen-bond donors (Lipinski definition) is 4. The average Bonchev–Trinajstić information content (AvgIpc) is 3.07. The van der Waals surface area contributed by atoms with Crippen LogP contribution < -0.4 is 4.74 Å². The largest absolute Gasteiger partial charge is 0.462 e. The van der Waals surface area contributed by atoms with Gasteiger partial charge in [0, 0.05) is 10.9 Å². The summed E-state index contributed by atoms with van der Waals surface area (Å²) in [6.45, 7) is -2.19. The van der Waals surface area contributed by atoms with Gasteiger partial charge in [-0.15, -0.1) is 11.6 Å². The van der Waals surface area contributed by atoms with Gasteiger partial charge in [0.05, 0.1) is 6.61 Å². The predicted octanol–water partition coefficient (Wildman–Crippen LogP) is 2.36. The van der Waals surface area contributed by atoms with Crippen molar-refractivity contribution in [2.75, 3.05) is 13.2 Å². The minimum atomic E-state index is -4.62. The predicted molar refractivity (Wildman–Crippen MR) is 126 cm³/mol. The zero-order valence-electron chi connectivity index (χ0n) is 20.9. The van der Waals surface area contributed by atoms with Crippen LogP contribution in [0.1, 0.15) is 37.7 Å². The summed E-state index contributed by atoms with van der Waals surface area (Å²) in [6.07, 6.45) is -8.40. The van der Waals surface area contributed by atoms with Crippen LogP contribution in [0.5, 0.6) is 5.75 Å². The molecule has 39 heavy (non-hydrogen) atoms. The van der Waals surface area contributed by atoms with Gasteiger partial charge < -0.3 is 34.6 Å². The van der Waals surface area contributed by atoms with Gasteiger partial charge in [-0.3, -0.25) is 0 Å². The maximum atomic E-state index is 13.5. The smallest absolute Gasteiger partial charge is 0.411 e. The molecule has 4 bridgehead atoms. The molecule has 2 saturated heterocycles. The van der Waals surface area contributed by atoms with Gasteiger partial charge in [0.15, 0.2) is 5.60 Å². The van der Waals surface area contributed by atoms with E-state index in [9.17, 15) is 33.6 Å². The molecule has 9 atom stereocenters. The highest BCUT2D eigenvalue weighted by molar-refractivity contribution is 6.20. The maximum absolute atomic E-state index is 13.5. The summed E-state index contributed by atoms with van der Waals surface area (Å²) in [5, 5.41) is 40.0. The molecule has 4 saturated carbocycles. The third-order valence-corrected chi connectivity index (χ3v) is 9.79. The molecule has 4 N–H and O–H groups in total. The number of fused-ring (bicyclic) bond motifs is 1. The summed E-state index contributed by atoms with van der Waals surface area (Å²) in [5.74, 6) is -1.44. The fraction of sp³-hybridized carbons (Fsp3) is 0.769. The number of ether oxygens (including phenoxy) is 3. The van der Waals surface area contributed by atoms with Crippen LogP contribution >= 0.6 is 11.6 Å². The van der Waals surface area contributed by atoms with Crippen LogP contribution in [0.4, 0.5) is 13.2 Å². The van der Waals surface area contributed by atoms with Crippen LogP contribution in [-0.2, 0) is 25.0 Å². The van der Waals surface area contributed by atoms with Crippen LogP contribution in [0.15, 0.2) is 24.3 Å². The molecule has 1 aromatic rings. The molecule has 6 aliphatic rings. The highest BCUT2D eigenvalue weighted by atomic mass is 35.5. The molecule has 218 valence electrons. The van der Waals surface area contributed by atoms with Gasteiger partial charge in [0.25, 0.3) is 5.79 Å². The van der Waals surface area contributed by atoms with Gasteiger partial charge in [-0.05, 0) is 67.9 Å². The van der Waals surface area contributed by atoms with Gasteiger partial charge in [-0.2, -0.15) is 18.1 Å². The Kier molecular flexibility index (Phi) is 7.13. The fourth-order valence-corrected chi connectivity index (χ4v) is 8.05. The lowest BCUT2D eigenvalue weighted by Gasteiger charge is -2.65. The Morgan fingerprint density at radius 1 is 0.974 bits per heavy atom. The lowest BCUT2D eigenvalue weighted by molar-refractivity contribution is -0.648. The fourth-order valence-electron chi connectivity index (χ4n) is 7.59. The number of aliphatic hydroxyl groups excluding tert-OH is 4. The van der Waals surface area contributed by atoms with Crippen molar-refractivity contribution in [3.05, 3.63) is 29.8 Å². The molecule has 1 spiro atoms. The van der Waals surface area contributed by atoms with Crippen LogP contribution in [0, 0.1) is 23.7 Å². The van der Waals surface area contributed by atoms with Crippen molar-refractivity contribution in [2.24, 2.45) is 23.7 Å². The molecule has 2 heterocycles. The second kappa shape index (κ2) is 9.95. The van der Waals surface area contributed by atoms with E-state index in [1.54, 1.807) is 12.1 Å². The molecule has 2 aliphatic heterocycles. The molecular formula is C26H32ClF3O9. The van der Waals surface area contributed by atoms with E-state index < -0.39 is 61.5 Å². The van der Waals surface area contributed by atoms with Crippen molar-refractivity contribution < 1.29 is 57.6 Å². The molecule has 9 nitrogen and oxygen atoms in total. The molecule has 0 aromatic heterocycles. The Bertz CT molecular complexity index is 1040. The Morgan fingerprint density at radius 2 is 1.69 bits per heavy atom. The van der Waals surface area contributed by atoms with E-state index in [0.717, 1.165) is 19.3 Å². The van der Waals surface area contributed by atoms with Gasteiger partial charge >= 0.3 is 6.18 Å². The highest BCUT2D eigenvalue weighted by Gasteiger charge is 2.77. The highest BCUT2D eigenvalue weighted by Crippen LogP contribution is 2.68. The molecule has 0 radical (unpaired) electrons. The lowest BCUT2D eigenvalue weighted by atomic mass is 9.53. The summed E-state index contributed by atoms with van der Waals surface area (Å²) in [6, 6.07) is 6.05. The summed E-state index contributed by atoms with van der Waals surface area (Å²) in [4.78, 5) is 11.4. The molecule has 0 amide bonds.